The van der Waals surface area contributed by atoms with Gasteiger partial charge >= 0.3 is 0 Å². The van der Waals surface area contributed by atoms with Gasteiger partial charge in [-0.3, -0.25) is 4.99 Å². The van der Waals surface area contributed by atoms with Gasteiger partial charge in [-0.25, -0.2) is 17.6 Å². The van der Waals surface area contributed by atoms with E-state index in [2.05, 4.69) is 16.8 Å². The predicted molar refractivity (Wildman–Crippen MR) is 112 cm³/mol. The number of nitrogens with zero attached hydrogens (tertiary/aromatic N) is 1. The molecule has 2 aromatic rings. The highest BCUT2D eigenvalue weighted by Gasteiger charge is 2.55. The summed E-state index contributed by atoms with van der Waals surface area (Å²) >= 11 is 5.91. The van der Waals surface area contributed by atoms with Crippen LogP contribution in [0.4, 0.5) is 17.6 Å². The van der Waals surface area contributed by atoms with Gasteiger partial charge in [-0.05, 0) is 38.1 Å². The second-order valence-corrected chi connectivity index (χ2v) is 8.33. The zero-order valence-electron chi connectivity index (χ0n) is 17.1. The van der Waals surface area contributed by atoms with Crippen LogP contribution in [-0.4, -0.2) is 24.0 Å². The molecule has 164 valence electrons. The second-order valence-electron chi connectivity index (χ2n) is 7.89. The number of hydrogen-bond donors (Lipinski definition) is 1. The standard InChI is InChI=1S/C23H21ClF4N2O/c1-13-21(30-20(29)12-31-22(2,3)23(13,27)28)17-10-15(18(25)11-19(17)26)8-7-14-5-4-6-16(24)9-14/h4-6,9-11,13,21H,12H2,1-3H3,(H2,29,30)/t13-,21-/m1/s1. The van der Waals surface area contributed by atoms with Gasteiger partial charge in [-0.1, -0.05) is 36.4 Å². The molecule has 0 saturated heterocycles. The molecule has 2 N–H and O–H groups in total. The van der Waals surface area contributed by atoms with Crippen molar-refractivity contribution in [3.63, 3.8) is 0 Å². The molecule has 0 aromatic heterocycles. The van der Waals surface area contributed by atoms with E-state index >= 15 is 8.78 Å². The Labute approximate surface area is 183 Å². The smallest absolute Gasteiger partial charge is 0.280 e. The maximum absolute atomic E-state index is 15.1. The molecule has 1 aliphatic heterocycles. The highest BCUT2D eigenvalue weighted by atomic mass is 35.5. The fourth-order valence-electron chi connectivity index (χ4n) is 3.36. The predicted octanol–water partition coefficient (Wildman–Crippen LogP) is 5.50. The van der Waals surface area contributed by atoms with E-state index in [4.69, 9.17) is 22.1 Å². The third kappa shape index (κ3) is 4.70. The third-order valence-corrected chi connectivity index (χ3v) is 5.54. The Balaban J connectivity index is 2.10. The first-order valence-corrected chi connectivity index (χ1v) is 9.90. The average Bonchev–Trinajstić information content (AvgIpc) is 2.69. The van der Waals surface area contributed by atoms with E-state index in [-0.39, 0.29) is 23.6 Å². The number of hydrogen-bond acceptors (Lipinski definition) is 3. The fourth-order valence-corrected chi connectivity index (χ4v) is 3.55. The molecule has 8 heteroatoms. The van der Waals surface area contributed by atoms with Crippen LogP contribution in [0.5, 0.6) is 0 Å². The normalized spacial score (nSPS) is 22.5. The molecule has 3 nitrogen and oxygen atoms in total. The molecule has 0 amide bonds. The van der Waals surface area contributed by atoms with Gasteiger partial charge in [0.05, 0.1) is 11.6 Å². The first-order valence-electron chi connectivity index (χ1n) is 9.53. The highest BCUT2D eigenvalue weighted by molar-refractivity contribution is 6.30. The zero-order chi connectivity index (χ0) is 23.0. The molecule has 1 heterocycles. The van der Waals surface area contributed by atoms with Gasteiger partial charge in [0.15, 0.2) is 0 Å². The van der Waals surface area contributed by atoms with Crippen molar-refractivity contribution in [2.75, 3.05) is 6.61 Å². The van der Waals surface area contributed by atoms with Crippen LogP contribution in [0, 0.1) is 29.4 Å². The van der Waals surface area contributed by atoms with E-state index in [9.17, 15) is 8.78 Å². The molecule has 2 aromatic carbocycles. The van der Waals surface area contributed by atoms with Gasteiger partial charge in [0.1, 0.15) is 29.7 Å². The first-order chi connectivity index (χ1) is 14.4. The van der Waals surface area contributed by atoms with E-state index in [0.29, 0.717) is 16.7 Å². The first kappa shape index (κ1) is 23.1. The van der Waals surface area contributed by atoms with Crippen LogP contribution >= 0.6 is 11.6 Å². The van der Waals surface area contributed by atoms with Crippen LogP contribution < -0.4 is 5.73 Å². The summed E-state index contributed by atoms with van der Waals surface area (Å²) < 4.78 is 64.6. The van der Waals surface area contributed by atoms with Crippen LogP contribution in [0.3, 0.4) is 0 Å². The Hall–Kier alpha value is -2.56. The van der Waals surface area contributed by atoms with Crippen LogP contribution in [0.2, 0.25) is 5.02 Å². The zero-order valence-corrected chi connectivity index (χ0v) is 17.9. The van der Waals surface area contributed by atoms with Crippen molar-refractivity contribution >= 4 is 17.4 Å². The largest absolute Gasteiger partial charge is 0.386 e. The number of halogens is 5. The molecule has 0 bridgehead atoms. The van der Waals surface area contributed by atoms with Crippen molar-refractivity contribution < 1.29 is 22.3 Å². The summed E-state index contributed by atoms with van der Waals surface area (Å²) in [5, 5.41) is 0.451. The molecular weight excluding hydrogens is 432 g/mol. The van der Waals surface area contributed by atoms with Crippen molar-refractivity contribution in [3.8, 4) is 11.8 Å². The lowest BCUT2D eigenvalue weighted by atomic mass is 9.81. The molecule has 2 atom stereocenters. The van der Waals surface area contributed by atoms with Gasteiger partial charge < -0.3 is 10.5 Å². The quantitative estimate of drug-likeness (QED) is 0.459. The minimum absolute atomic E-state index is 0.0595. The molecular formula is C23H21ClF4N2O. The van der Waals surface area contributed by atoms with Crippen molar-refractivity contribution in [2.45, 2.75) is 38.3 Å². The Morgan fingerprint density at radius 2 is 1.84 bits per heavy atom. The minimum Gasteiger partial charge on any atom is -0.386 e. The summed E-state index contributed by atoms with van der Waals surface area (Å²) in [6.45, 7) is 3.37. The molecule has 1 aliphatic rings. The summed E-state index contributed by atoms with van der Waals surface area (Å²) in [4.78, 5) is 4.07. The molecule has 31 heavy (non-hydrogen) atoms. The Morgan fingerprint density at radius 3 is 2.52 bits per heavy atom. The summed E-state index contributed by atoms with van der Waals surface area (Å²) in [5.74, 6) is -1.50. The molecule has 0 saturated carbocycles. The van der Waals surface area contributed by atoms with E-state index in [1.165, 1.54) is 20.8 Å². The highest BCUT2D eigenvalue weighted by Crippen LogP contribution is 2.46. The van der Waals surface area contributed by atoms with E-state index in [1.807, 2.05) is 0 Å². The van der Waals surface area contributed by atoms with Crippen LogP contribution in [0.15, 0.2) is 41.4 Å². The number of amidine groups is 1. The Morgan fingerprint density at radius 1 is 1.13 bits per heavy atom. The second kappa shape index (κ2) is 8.52. The lowest BCUT2D eigenvalue weighted by molar-refractivity contribution is -0.215. The number of nitrogens with two attached hydrogens (primary N) is 1. The Kier molecular flexibility index (Phi) is 6.35. The third-order valence-electron chi connectivity index (χ3n) is 5.31. The van der Waals surface area contributed by atoms with E-state index < -0.39 is 35.1 Å². The number of benzene rings is 2. The molecule has 0 radical (unpaired) electrons. The topological polar surface area (TPSA) is 47.6 Å². The molecule has 0 fully saturated rings. The summed E-state index contributed by atoms with van der Waals surface area (Å²) in [5.41, 5.74) is 4.10. The Bertz CT molecular complexity index is 1090. The summed E-state index contributed by atoms with van der Waals surface area (Å²) in [7, 11) is 0. The average molecular weight is 453 g/mol. The number of aliphatic imine (C=N–C) groups is 1. The van der Waals surface area contributed by atoms with Gasteiger partial charge in [0, 0.05) is 28.1 Å². The van der Waals surface area contributed by atoms with E-state index in [1.54, 1.807) is 24.3 Å². The number of rotatable bonds is 1. The van der Waals surface area contributed by atoms with Gasteiger partial charge in [-0.15, -0.1) is 0 Å². The minimum atomic E-state index is -3.38. The van der Waals surface area contributed by atoms with Crippen LogP contribution in [0.1, 0.15) is 43.5 Å². The molecule has 0 aliphatic carbocycles. The van der Waals surface area contributed by atoms with Crippen molar-refractivity contribution in [1.29, 1.82) is 0 Å². The van der Waals surface area contributed by atoms with Gasteiger partial charge in [0.2, 0.25) is 0 Å². The maximum atomic E-state index is 15.1. The monoisotopic (exact) mass is 452 g/mol. The van der Waals surface area contributed by atoms with Crippen molar-refractivity contribution in [3.05, 3.63) is 69.7 Å². The van der Waals surface area contributed by atoms with Crippen molar-refractivity contribution in [2.24, 2.45) is 16.6 Å². The van der Waals surface area contributed by atoms with Gasteiger partial charge in [0.25, 0.3) is 5.92 Å². The SMILES string of the molecule is C[C@@H]1[C@H](c2cc(C#Cc3cccc(Cl)c3)c(F)cc2F)N=C(N)COC(C)(C)C1(F)F. The summed E-state index contributed by atoms with van der Waals surface area (Å²) in [6, 6.07) is 6.96. The number of alkyl halides is 2. The number of ether oxygens (including phenoxy) is 1. The molecule has 3 rings (SSSR count). The molecule has 0 spiro atoms. The summed E-state index contributed by atoms with van der Waals surface area (Å²) in [6.07, 6.45) is 0. The van der Waals surface area contributed by atoms with Crippen LogP contribution in [0.25, 0.3) is 0 Å². The van der Waals surface area contributed by atoms with Gasteiger partial charge in [-0.2, -0.15) is 0 Å². The van der Waals surface area contributed by atoms with E-state index in [0.717, 1.165) is 6.07 Å². The molecule has 0 unspecified atom stereocenters. The fraction of sp³-hybridized carbons (Fsp3) is 0.348. The lowest BCUT2D eigenvalue weighted by Gasteiger charge is -2.41. The lowest BCUT2D eigenvalue weighted by Crippen LogP contribution is -2.53. The maximum Gasteiger partial charge on any atom is 0.280 e. The van der Waals surface area contributed by atoms with Crippen molar-refractivity contribution in [1.82, 2.24) is 0 Å². The van der Waals surface area contributed by atoms with Crippen LogP contribution in [-0.2, 0) is 4.74 Å².